The quantitative estimate of drug-likeness (QED) is 0.901. The Balaban J connectivity index is 2.06. The van der Waals surface area contributed by atoms with Crippen LogP contribution in [0.25, 0.3) is 0 Å². The van der Waals surface area contributed by atoms with Crippen LogP contribution >= 0.6 is 0 Å². The maximum Gasteiger partial charge on any atom is 0.416 e. The molecular formula is C16H14F3O. The van der Waals surface area contributed by atoms with E-state index in [0.29, 0.717) is 12.0 Å². The van der Waals surface area contributed by atoms with Gasteiger partial charge in [0.15, 0.2) is 0 Å². The van der Waals surface area contributed by atoms with E-state index in [9.17, 15) is 13.2 Å². The molecule has 0 bridgehead atoms. The number of alkyl halides is 3. The fourth-order valence-electron chi connectivity index (χ4n) is 1.87. The van der Waals surface area contributed by atoms with Crippen molar-refractivity contribution >= 4 is 0 Å². The number of aliphatic hydroxyl groups excluding tert-OH is 1. The highest BCUT2D eigenvalue weighted by Gasteiger charge is 2.29. The Morgan fingerprint density at radius 1 is 0.850 bits per heavy atom. The van der Waals surface area contributed by atoms with Crippen molar-refractivity contribution in [3.05, 3.63) is 77.2 Å². The van der Waals surface area contributed by atoms with E-state index < -0.39 is 11.7 Å². The first-order chi connectivity index (χ1) is 9.49. The lowest BCUT2D eigenvalue weighted by molar-refractivity contribution is -0.137. The van der Waals surface area contributed by atoms with Crippen LogP contribution in [0.4, 0.5) is 13.2 Å². The molecule has 0 unspecified atom stereocenters. The fourth-order valence-corrected chi connectivity index (χ4v) is 1.87. The maximum atomic E-state index is 12.4. The third kappa shape index (κ3) is 3.84. The molecule has 0 saturated carbocycles. The van der Waals surface area contributed by atoms with Crippen LogP contribution < -0.4 is 0 Å². The summed E-state index contributed by atoms with van der Waals surface area (Å²) in [7, 11) is 0. The van der Waals surface area contributed by atoms with Crippen LogP contribution in [-0.4, -0.2) is 11.7 Å². The third-order valence-corrected chi connectivity index (χ3v) is 2.95. The SMILES string of the molecule is OCCc1ccc([CH]c2ccc(C(F)(F)F)cc2)cc1. The monoisotopic (exact) mass is 279 g/mol. The highest BCUT2D eigenvalue weighted by atomic mass is 19.4. The summed E-state index contributed by atoms with van der Waals surface area (Å²) in [4.78, 5) is 0. The number of rotatable bonds is 4. The van der Waals surface area contributed by atoms with Gasteiger partial charge >= 0.3 is 6.18 Å². The van der Waals surface area contributed by atoms with E-state index in [1.807, 2.05) is 30.7 Å². The first kappa shape index (κ1) is 14.6. The highest BCUT2D eigenvalue weighted by molar-refractivity contribution is 5.39. The summed E-state index contributed by atoms with van der Waals surface area (Å²) in [5.74, 6) is 0. The van der Waals surface area contributed by atoms with Crippen molar-refractivity contribution in [3.8, 4) is 0 Å². The first-order valence-corrected chi connectivity index (χ1v) is 6.21. The molecule has 2 aromatic rings. The fraction of sp³-hybridized carbons (Fsp3) is 0.188. The second-order valence-corrected chi connectivity index (χ2v) is 4.48. The minimum absolute atomic E-state index is 0.0992. The van der Waals surface area contributed by atoms with Gasteiger partial charge in [-0.1, -0.05) is 36.4 Å². The standard InChI is InChI=1S/C16H14F3O/c17-16(18,19)15-7-5-14(6-8-15)11-13-3-1-12(2-4-13)9-10-20/h1-8,11,20H,9-10H2. The first-order valence-electron chi connectivity index (χ1n) is 6.21. The smallest absolute Gasteiger partial charge is 0.396 e. The maximum absolute atomic E-state index is 12.4. The molecule has 0 heterocycles. The minimum Gasteiger partial charge on any atom is -0.396 e. The Morgan fingerprint density at radius 3 is 1.80 bits per heavy atom. The van der Waals surface area contributed by atoms with Gasteiger partial charge in [-0.25, -0.2) is 0 Å². The molecular weight excluding hydrogens is 265 g/mol. The van der Waals surface area contributed by atoms with Crippen molar-refractivity contribution in [1.82, 2.24) is 0 Å². The summed E-state index contributed by atoms with van der Waals surface area (Å²) in [6, 6.07) is 12.6. The lowest BCUT2D eigenvalue weighted by atomic mass is 10.0. The zero-order valence-electron chi connectivity index (χ0n) is 10.7. The molecule has 0 atom stereocenters. The second-order valence-electron chi connectivity index (χ2n) is 4.48. The van der Waals surface area contributed by atoms with Gasteiger partial charge in [0.25, 0.3) is 0 Å². The predicted octanol–water partition coefficient (Wildman–Crippen LogP) is 3.84. The van der Waals surface area contributed by atoms with E-state index in [1.54, 1.807) is 0 Å². The van der Waals surface area contributed by atoms with Gasteiger partial charge in [0, 0.05) is 13.0 Å². The van der Waals surface area contributed by atoms with Gasteiger partial charge in [-0.05, 0) is 35.2 Å². The van der Waals surface area contributed by atoms with Gasteiger partial charge < -0.3 is 5.11 Å². The van der Waals surface area contributed by atoms with Crippen LogP contribution in [0.3, 0.4) is 0 Å². The largest absolute Gasteiger partial charge is 0.416 e. The molecule has 20 heavy (non-hydrogen) atoms. The van der Waals surface area contributed by atoms with Gasteiger partial charge in [0.2, 0.25) is 0 Å². The zero-order valence-corrected chi connectivity index (χ0v) is 10.7. The molecule has 1 nitrogen and oxygen atoms in total. The number of hydrogen-bond donors (Lipinski definition) is 1. The van der Waals surface area contributed by atoms with Crippen molar-refractivity contribution in [1.29, 1.82) is 0 Å². The van der Waals surface area contributed by atoms with Crippen molar-refractivity contribution in [3.63, 3.8) is 0 Å². The Kier molecular flexibility index (Phi) is 4.45. The Bertz CT molecular complexity index is 541. The van der Waals surface area contributed by atoms with Crippen molar-refractivity contribution in [2.45, 2.75) is 12.6 Å². The second kappa shape index (κ2) is 6.09. The Morgan fingerprint density at radius 2 is 1.35 bits per heavy atom. The van der Waals surface area contributed by atoms with Crippen LogP contribution in [0, 0.1) is 6.42 Å². The number of halogens is 3. The number of benzene rings is 2. The zero-order chi connectivity index (χ0) is 14.6. The van der Waals surface area contributed by atoms with Crippen LogP contribution in [0.15, 0.2) is 48.5 Å². The highest BCUT2D eigenvalue weighted by Crippen LogP contribution is 2.29. The van der Waals surface area contributed by atoms with Gasteiger partial charge in [-0.2, -0.15) is 13.2 Å². The van der Waals surface area contributed by atoms with E-state index in [4.69, 9.17) is 5.11 Å². The van der Waals surface area contributed by atoms with E-state index in [0.717, 1.165) is 23.3 Å². The molecule has 4 heteroatoms. The minimum atomic E-state index is -4.30. The molecule has 0 aliphatic heterocycles. The molecule has 1 radical (unpaired) electrons. The van der Waals surface area contributed by atoms with Gasteiger partial charge in [-0.3, -0.25) is 0 Å². The lowest BCUT2D eigenvalue weighted by Gasteiger charge is -2.08. The molecule has 1 N–H and O–H groups in total. The summed E-state index contributed by atoms with van der Waals surface area (Å²) in [6.07, 6.45) is -1.89. The van der Waals surface area contributed by atoms with E-state index in [1.165, 1.54) is 12.1 Å². The van der Waals surface area contributed by atoms with E-state index in [2.05, 4.69) is 0 Å². The molecule has 0 amide bonds. The summed E-state index contributed by atoms with van der Waals surface area (Å²) in [6.45, 7) is 0.0992. The number of hydrogen-bond acceptors (Lipinski definition) is 1. The van der Waals surface area contributed by atoms with Crippen LogP contribution in [0.1, 0.15) is 22.3 Å². The van der Waals surface area contributed by atoms with Gasteiger partial charge in [0.05, 0.1) is 5.56 Å². The molecule has 105 valence electrons. The topological polar surface area (TPSA) is 20.2 Å². The predicted molar refractivity (Wildman–Crippen MR) is 71.2 cm³/mol. The summed E-state index contributed by atoms with van der Waals surface area (Å²) >= 11 is 0. The summed E-state index contributed by atoms with van der Waals surface area (Å²) in [5.41, 5.74) is 2.00. The average molecular weight is 279 g/mol. The van der Waals surface area contributed by atoms with Crippen molar-refractivity contribution in [2.75, 3.05) is 6.61 Å². The van der Waals surface area contributed by atoms with Gasteiger partial charge in [-0.15, -0.1) is 0 Å². The van der Waals surface area contributed by atoms with Crippen LogP contribution in [0.2, 0.25) is 0 Å². The molecule has 2 aromatic carbocycles. The van der Waals surface area contributed by atoms with E-state index >= 15 is 0 Å². The number of aliphatic hydroxyl groups is 1. The molecule has 0 aliphatic rings. The summed E-state index contributed by atoms with van der Waals surface area (Å²) < 4.78 is 37.3. The van der Waals surface area contributed by atoms with Crippen LogP contribution in [0.5, 0.6) is 0 Å². The molecule has 0 aromatic heterocycles. The Hall–Kier alpha value is -1.81. The lowest BCUT2D eigenvalue weighted by Crippen LogP contribution is -2.04. The molecule has 2 rings (SSSR count). The van der Waals surface area contributed by atoms with Gasteiger partial charge in [0.1, 0.15) is 0 Å². The third-order valence-electron chi connectivity index (χ3n) is 2.95. The summed E-state index contributed by atoms with van der Waals surface area (Å²) in [5, 5.41) is 8.82. The van der Waals surface area contributed by atoms with Crippen molar-refractivity contribution in [2.24, 2.45) is 0 Å². The normalized spacial score (nSPS) is 11.6. The average Bonchev–Trinajstić information content (AvgIpc) is 2.41. The molecule has 0 spiro atoms. The molecule has 0 aliphatic carbocycles. The van der Waals surface area contributed by atoms with Crippen LogP contribution in [-0.2, 0) is 12.6 Å². The molecule has 0 fully saturated rings. The van der Waals surface area contributed by atoms with Crippen molar-refractivity contribution < 1.29 is 18.3 Å². The Labute approximate surface area is 115 Å². The molecule has 0 saturated heterocycles. The van der Waals surface area contributed by atoms with E-state index in [-0.39, 0.29) is 6.61 Å².